The van der Waals surface area contributed by atoms with Gasteiger partial charge in [-0.2, -0.15) is 0 Å². The summed E-state index contributed by atoms with van der Waals surface area (Å²) in [6.07, 6.45) is 0. The molecule has 0 heterocycles. The highest BCUT2D eigenvalue weighted by molar-refractivity contribution is 9.10. The third-order valence-corrected chi connectivity index (χ3v) is 3.78. The molecule has 0 bridgehead atoms. The van der Waals surface area contributed by atoms with E-state index in [1.54, 1.807) is 30.3 Å². The highest BCUT2D eigenvalue weighted by Crippen LogP contribution is 2.26. The number of carbonyl (C=O) groups excluding carboxylic acids is 1. The van der Waals surface area contributed by atoms with E-state index < -0.39 is 0 Å². The van der Waals surface area contributed by atoms with Crippen LogP contribution in [0.3, 0.4) is 0 Å². The molecule has 0 aliphatic carbocycles. The highest BCUT2D eigenvalue weighted by Gasteiger charge is 2.08. The number of benzene rings is 2. The van der Waals surface area contributed by atoms with Crippen LogP contribution < -0.4 is 5.32 Å². The van der Waals surface area contributed by atoms with Crippen LogP contribution >= 0.6 is 39.1 Å². The maximum atomic E-state index is 12.1. The number of carbonyl (C=O) groups is 1. The molecule has 0 radical (unpaired) electrons. The fraction of sp³-hybridized carbons (Fsp3) is 0.0714. The van der Waals surface area contributed by atoms with E-state index in [-0.39, 0.29) is 5.91 Å². The Kier molecular flexibility index (Phi) is 4.86. The van der Waals surface area contributed by atoms with Crippen LogP contribution in [0.5, 0.6) is 0 Å². The number of halogens is 3. The summed E-state index contributed by atoms with van der Waals surface area (Å²) < 4.78 is 0.780. The molecule has 2 rings (SSSR count). The Morgan fingerprint density at radius 1 is 1.16 bits per heavy atom. The monoisotopic (exact) mass is 357 g/mol. The summed E-state index contributed by atoms with van der Waals surface area (Å²) in [5, 5.41) is 3.37. The third kappa shape index (κ3) is 3.72. The van der Waals surface area contributed by atoms with Crippen molar-refractivity contribution in [1.29, 1.82) is 0 Å². The van der Waals surface area contributed by atoms with Crippen LogP contribution in [-0.4, -0.2) is 5.91 Å². The predicted octanol–water partition coefficient (Wildman–Crippen LogP) is 5.09. The van der Waals surface area contributed by atoms with Crippen molar-refractivity contribution in [3.8, 4) is 0 Å². The molecule has 0 saturated carbocycles. The lowest BCUT2D eigenvalue weighted by Gasteiger charge is -2.08. The maximum Gasteiger partial charge on any atom is 0.255 e. The number of amides is 1. The molecule has 19 heavy (non-hydrogen) atoms. The average Bonchev–Trinajstić information content (AvgIpc) is 2.43. The molecule has 2 nitrogen and oxygen atoms in total. The van der Waals surface area contributed by atoms with Crippen molar-refractivity contribution in [3.63, 3.8) is 0 Å². The third-order valence-electron chi connectivity index (χ3n) is 2.55. The van der Waals surface area contributed by atoms with Gasteiger partial charge in [-0.3, -0.25) is 4.79 Å². The van der Waals surface area contributed by atoms with Crippen LogP contribution in [0.2, 0.25) is 5.02 Å². The fourth-order valence-electron chi connectivity index (χ4n) is 1.53. The van der Waals surface area contributed by atoms with Crippen molar-refractivity contribution in [3.05, 3.63) is 63.1 Å². The van der Waals surface area contributed by atoms with Gasteiger partial charge in [-0.15, -0.1) is 11.6 Å². The van der Waals surface area contributed by atoms with E-state index >= 15 is 0 Å². The topological polar surface area (TPSA) is 29.1 Å². The van der Waals surface area contributed by atoms with Crippen molar-refractivity contribution >= 4 is 50.7 Å². The first kappa shape index (κ1) is 14.4. The summed E-state index contributed by atoms with van der Waals surface area (Å²) in [6.45, 7) is 0. The lowest BCUT2D eigenvalue weighted by atomic mass is 10.1. The first-order chi connectivity index (χ1) is 9.10. The van der Waals surface area contributed by atoms with E-state index in [0.29, 0.717) is 22.2 Å². The van der Waals surface area contributed by atoms with E-state index in [9.17, 15) is 4.79 Å². The Balaban J connectivity index is 2.18. The van der Waals surface area contributed by atoms with Crippen molar-refractivity contribution in [2.75, 3.05) is 5.32 Å². The first-order valence-corrected chi connectivity index (χ1v) is 7.22. The number of anilines is 1. The minimum absolute atomic E-state index is 0.191. The van der Waals surface area contributed by atoms with Crippen molar-refractivity contribution in [2.45, 2.75) is 5.88 Å². The van der Waals surface area contributed by atoms with E-state index in [4.69, 9.17) is 23.2 Å². The number of nitrogens with one attached hydrogen (secondary N) is 1. The molecule has 98 valence electrons. The lowest BCUT2D eigenvalue weighted by molar-refractivity contribution is 0.102. The molecular weight excluding hydrogens is 349 g/mol. The summed E-state index contributed by atoms with van der Waals surface area (Å²) in [7, 11) is 0. The Morgan fingerprint density at radius 2 is 1.84 bits per heavy atom. The molecule has 0 spiro atoms. The van der Waals surface area contributed by atoms with Crippen molar-refractivity contribution in [1.82, 2.24) is 0 Å². The minimum atomic E-state index is -0.191. The van der Waals surface area contributed by atoms with E-state index in [2.05, 4.69) is 21.2 Å². The highest BCUT2D eigenvalue weighted by atomic mass is 79.9. The largest absolute Gasteiger partial charge is 0.321 e. The SMILES string of the molecule is O=C(Nc1cc(Cl)ccc1Br)c1ccc(CCl)cc1. The molecule has 0 unspecified atom stereocenters. The maximum absolute atomic E-state index is 12.1. The standard InChI is InChI=1S/C14H10BrCl2NO/c15-12-6-5-11(17)7-13(12)18-14(19)10-3-1-9(8-16)2-4-10/h1-7H,8H2,(H,18,19). The second-order valence-electron chi connectivity index (χ2n) is 3.91. The average molecular weight is 359 g/mol. The van der Waals surface area contributed by atoms with Crippen molar-refractivity contribution in [2.24, 2.45) is 0 Å². The zero-order valence-corrected chi connectivity index (χ0v) is 12.9. The van der Waals surface area contributed by atoms with Crippen LogP contribution in [0.1, 0.15) is 15.9 Å². The Bertz CT molecular complexity index is 599. The smallest absolute Gasteiger partial charge is 0.255 e. The van der Waals surface area contributed by atoms with Gasteiger partial charge in [-0.25, -0.2) is 0 Å². The lowest BCUT2D eigenvalue weighted by Crippen LogP contribution is -2.12. The van der Waals surface area contributed by atoms with E-state index in [1.807, 2.05) is 12.1 Å². The predicted molar refractivity (Wildman–Crippen MR) is 83.1 cm³/mol. The van der Waals surface area contributed by atoms with E-state index in [0.717, 1.165) is 10.0 Å². The Labute approximate surface area is 129 Å². The summed E-state index contributed by atoms with van der Waals surface area (Å²) >= 11 is 15.0. The van der Waals surface area contributed by atoms with E-state index in [1.165, 1.54) is 0 Å². The van der Waals surface area contributed by atoms with Gasteiger partial charge in [0.1, 0.15) is 0 Å². The zero-order chi connectivity index (χ0) is 13.8. The van der Waals surface area contributed by atoms with Crippen LogP contribution in [0.15, 0.2) is 46.9 Å². The second kappa shape index (κ2) is 6.42. The molecule has 1 amide bonds. The molecule has 5 heteroatoms. The molecule has 0 saturated heterocycles. The number of hydrogen-bond donors (Lipinski definition) is 1. The van der Waals surface area contributed by atoms with Gasteiger partial charge < -0.3 is 5.32 Å². The molecule has 0 aliphatic rings. The minimum Gasteiger partial charge on any atom is -0.321 e. The molecule has 1 N–H and O–H groups in total. The molecule has 0 aliphatic heterocycles. The fourth-order valence-corrected chi connectivity index (χ4v) is 2.23. The van der Waals surface area contributed by atoms with Crippen molar-refractivity contribution < 1.29 is 4.79 Å². The van der Waals surface area contributed by atoms with Crippen LogP contribution in [0.25, 0.3) is 0 Å². The summed E-state index contributed by atoms with van der Waals surface area (Å²) in [5.41, 5.74) is 2.18. The Hall–Kier alpha value is -1.03. The normalized spacial score (nSPS) is 10.3. The second-order valence-corrected chi connectivity index (χ2v) is 5.47. The van der Waals surface area contributed by atoms with Gasteiger partial charge in [-0.1, -0.05) is 23.7 Å². The molecular formula is C14H10BrCl2NO. The molecule has 0 fully saturated rings. The number of hydrogen-bond acceptors (Lipinski definition) is 1. The van der Waals surface area contributed by atoms with Gasteiger partial charge in [0.05, 0.1) is 5.69 Å². The number of alkyl halides is 1. The van der Waals surface area contributed by atoms with Crippen LogP contribution in [-0.2, 0) is 5.88 Å². The quantitative estimate of drug-likeness (QED) is 0.760. The number of rotatable bonds is 3. The van der Waals surface area contributed by atoms with Gasteiger partial charge in [0.15, 0.2) is 0 Å². The summed E-state index contributed by atoms with van der Waals surface area (Å²) in [4.78, 5) is 12.1. The molecule has 2 aromatic carbocycles. The van der Waals surface area contributed by atoms with Gasteiger partial charge in [0, 0.05) is 20.9 Å². The van der Waals surface area contributed by atoms with Crippen LogP contribution in [0, 0.1) is 0 Å². The van der Waals surface area contributed by atoms with Gasteiger partial charge in [0.2, 0.25) is 0 Å². The zero-order valence-electron chi connectivity index (χ0n) is 9.79. The molecule has 2 aromatic rings. The Morgan fingerprint density at radius 3 is 2.47 bits per heavy atom. The summed E-state index contributed by atoms with van der Waals surface area (Å²) in [5.74, 6) is 0.242. The molecule has 0 atom stereocenters. The van der Waals surface area contributed by atoms with Gasteiger partial charge >= 0.3 is 0 Å². The first-order valence-electron chi connectivity index (χ1n) is 5.51. The molecule has 0 aromatic heterocycles. The van der Waals surface area contributed by atoms with Gasteiger partial charge in [-0.05, 0) is 51.8 Å². The summed E-state index contributed by atoms with van der Waals surface area (Å²) in [6, 6.07) is 12.4. The van der Waals surface area contributed by atoms with Crippen LogP contribution in [0.4, 0.5) is 5.69 Å². The van der Waals surface area contributed by atoms with Gasteiger partial charge in [0.25, 0.3) is 5.91 Å².